The van der Waals surface area contributed by atoms with Crippen molar-refractivity contribution < 1.29 is 0 Å². The lowest BCUT2D eigenvalue weighted by Crippen LogP contribution is -2.10. The molecule has 0 spiro atoms. The molecule has 21 heavy (non-hydrogen) atoms. The smallest absolute Gasteiger partial charge is 0.138 e. The van der Waals surface area contributed by atoms with Crippen molar-refractivity contribution in [1.82, 2.24) is 15.3 Å². The Morgan fingerprint density at radius 1 is 1.43 bits per heavy atom. The molecule has 0 amide bonds. The maximum atomic E-state index is 6.26. The van der Waals surface area contributed by atoms with E-state index in [0.717, 1.165) is 44.3 Å². The molecule has 0 atom stereocenters. The van der Waals surface area contributed by atoms with Crippen molar-refractivity contribution in [1.29, 1.82) is 0 Å². The molecule has 0 saturated heterocycles. The summed E-state index contributed by atoms with van der Waals surface area (Å²) in [4.78, 5) is 7.65. The summed E-state index contributed by atoms with van der Waals surface area (Å²) in [5.41, 5.74) is 4.23. The molecule has 0 bridgehead atoms. The summed E-state index contributed by atoms with van der Waals surface area (Å²) in [5, 5.41) is 8.12. The number of benzene rings is 1. The normalized spacial score (nSPS) is 11.0. The van der Waals surface area contributed by atoms with Crippen LogP contribution in [0.15, 0.2) is 36.4 Å². The van der Waals surface area contributed by atoms with Crippen molar-refractivity contribution in [2.75, 3.05) is 0 Å². The van der Waals surface area contributed by atoms with Gasteiger partial charge in [-0.05, 0) is 30.2 Å². The van der Waals surface area contributed by atoms with Crippen molar-refractivity contribution in [2.24, 2.45) is 0 Å². The highest BCUT2D eigenvalue weighted by Crippen LogP contribution is 2.25. The molecular weight excluding hydrogens is 302 g/mol. The number of nitrogens with zero attached hydrogens (tertiary/aromatic N) is 1. The first kappa shape index (κ1) is 14.2. The van der Waals surface area contributed by atoms with Gasteiger partial charge in [-0.25, -0.2) is 4.98 Å². The summed E-state index contributed by atoms with van der Waals surface area (Å²) in [6.45, 7) is 6.80. The van der Waals surface area contributed by atoms with Gasteiger partial charge in [0.25, 0.3) is 0 Å². The molecule has 1 aromatic carbocycles. The van der Waals surface area contributed by atoms with Gasteiger partial charge in [0.2, 0.25) is 0 Å². The minimum Gasteiger partial charge on any atom is -0.378 e. The molecule has 0 aliphatic rings. The molecule has 0 saturated carbocycles. The van der Waals surface area contributed by atoms with Crippen LogP contribution in [0, 0.1) is 0 Å². The van der Waals surface area contributed by atoms with E-state index in [0.29, 0.717) is 6.54 Å². The van der Waals surface area contributed by atoms with E-state index in [1.54, 1.807) is 17.5 Å². The first-order chi connectivity index (χ1) is 10.2. The Bertz CT molecular complexity index is 774. The maximum absolute atomic E-state index is 6.26. The largest absolute Gasteiger partial charge is 0.378 e. The molecule has 108 valence electrons. The third-order valence-corrected chi connectivity index (χ3v) is 4.59. The number of aromatic amines is 1. The number of fused-ring (bicyclic) bond motifs is 1. The van der Waals surface area contributed by atoms with Gasteiger partial charge >= 0.3 is 0 Å². The van der Waals surface area contributed by atoms with E-state index in [9.17, 15) is 0 Å². The van der Waals surface area contributed by atoms with E-state index in [1.807, 2.05) is 11.4 Å². The van der Waals surface area contributed by atoms with E-state index in [-0.39, 0.29) is 0 Å². The molecule has 5 heteroatoms. The molecular formula is C16H16ClN3S. The molecule has 0 aliphatic heterocycles. The molecule has 3 aromatic rings. The SMILES string of the molecule is C=C(NCc1cc2cc(Cl)c(CC)cc2[nH]1)c1nccs1. The van der Waals surface area contributed by atoms with Crippen LogP contribution >= 0.6 is 22.9 Å². The predicted molar refractivity (Wildman–Crippen MR) is 90.7 cm³/mol. The topological polar surface area (TPSA) is 40.7 Å². The molecule has 2 aromatic heterocycles. The Kier molecular flexibility index (Phi) is 3.99. The highest BCUT2D eigenvalue weighted by atomic mass is 35.5. The van der Waals surface area contributed by atoms with Crippen molar-refractivity contribution in [3.8, 4) is 0 Å². The van der Waals surface area contributed by atoms with E-state index in [4.69, 9.17) is 11.6 Å². The van der Waals surface area contributed by atoms with Crippen LogP contribution < -0.4 is 5.32 Å². The Hall–Kier alpha value is -1.78. The van der Waals surface area contributed by atoms with Gasteiger partial charge in [-0.2, -0.15) is 0 Å². The zero-order valence-electron chi connectivity index (χ0n) is 11.7. The number of halogens is 1. The van der Waals surface area contributed by atoms with Crippen molar-refractivity contribution in [3.05, 3.63) is 57.6 Å². The van der Waals surface area contributed by atoms with Gasteiger partial charge in [-0.1, -0.05) is 25.1 Å². The molecule has 0 radical (unpaired) electrons. The Balaban J connectivity index is 1.77. The van der Waals surface area contributed by atoms with Gasteiger partial charge in [-0.15, -0.1) is 11.3 Å². The number of aryl methyl sites for hydroxylation is 1. The minimum absolute atomic E-state index is 0.687. The van der Waals surface area contributed by atoms with Crippen LogP contribution in [0.4, 0.5) is 0 Å². The van der Waals surface area contributed by atoms with Crippen LogP contribution in [-0.2, 0) is 13.0 Å². The second-order valence-corrected chi connectivity index (χ2v) is 6.15. The summed E-state index contributed by atoms with van der Waals surface area (Å²) in [7, 11) is 0. The Morgan fingerprint density at radius 2 is 2.29 bits per heavy atom. The van der Waals surface area contributed by atoms with Gasteiger partial charge in [0, 0.05) is 33.2 Å². The number of thiazole rings is 1. The fraction of sp³-hybridized carbons (Fsp3) is 0.188. The van der Waals surface area contributed by atoms with Crippen LogP contribution in [0.1, 0.15) is 23.2 Å². The highest BCUT2D eigenvalue weighted by molar-refractivity contribution is 7.10. The molecule has 3 rings (SSSR count). The lowest BCUT2D eigenvalue weighted by Gasteiger charge is -2.05. The van der Waals surface area contributed by atoms with E-state index in [1.165, 1.54) is 0 Å². The zero-order valence-corrected chi connectivity index (χ0v) is 13.3. The fourth-order valence-electron chi connectivity index (χ4n) is 2.27. The number of H-pyrrole nitrogens is 1. The molecule has 2 heterocycles. The zero-order chi connectivity index (χ0) is 14.8. The van der Waals surface area contributed by atoms with Gasteiger partial charge in [-0.3, -0.25) is 0 Å². The number of aromatic nitrogens is 2. The van der Waals surface area contributed by atoms with E-state index >= 15 is 0 Å². The molecule has 3 nitrogen and oxygen atoms in total. The lowest BCUT2D eigenvalue weighted by molar-refractivity contribution is 0.865. The maximum Gasteiger partial charge on any atom is 0.138 e. The average Bonchev–Trinajstić information content (AvgIpc) is 3.12. The standard InChI is InChI=1S/C16H16ClN3S/c1-3-11-8-15-12(7-14(11)17)6-13(20-15)9-19-10(2)16-18-4-5-21-16/h4-8,19-20H,2-3,9H2,1H3. The highest BCUT2D eigenvalue weighted by Gasteiger charge is 2.06. The summed E-state index contributed by atoms with van der Waals surface area (Å²) < 4.78 is 0. The molecule has 0 aliphatic carbocycles. The van der Waals surface area contributed by atoms with Gasteiger partial charge < -0.3 is 10.3 Å². The average molecular weight is 318 g/mol. The number of nitrogens with one attached hydrogen (secondary N) is 2. The van der Waals surface area contributed by atoms with Gasteiger partial charge in [0.15, 0.2) is 0 Å². The Morgan fingerprint density at radius 3 is 3.00 bits per heavy atom. The fourth-order valence-corrected chi connectivity index (χ4v) is 3.17. The number of hydrogen-bond acceptors (Lipinski definition) is 3. The van der Waals surface area contributed by atoms with Crippen molar-refractivity contribution in [3.63, 3.8) is 0 Å². The van der Waals surface area contributed by atoms with Crippen LogP contribution in [0.2, 0.25) is 5.02 Å². The molecule has 0 fully saturated rings. The molecule has 0 unspecified atom stereocenters. The predicted octanol–water partition coefficient (Wildman–Crippen LogP) is 4.60. The van der Waals surface area contributed by atoms with Crippen molar-refractivity contribution >= 4 is 39.5 Å². The quantitative estimate of drug-likeness (QED) is 0.722. The first-order valence-electron chi connectivity index (χ1n) is 6.80. The van der Waals surface area contributed by atoms with E-state index < -0.39 is 0 Å². The van der Waals surface area contributed by atoms with Gasteiger partial charge in [0.1, 0.15) is 5.01 Å². The summed E-state index contributed by atoms with van der Waals surface area (Å²) in [6.07, 6.45) is 2.71. The molecule has 2 N–H and O–H groups in total. The van der Waals surface area contributed by atoms with Crippen LogP contribution in [0.5, 0.6) is 0 Å². The first-order valence-corrected chi connectivity index (χ1v) is 8.05. The monoisotopic (exact) mass is 317 g/mol. The minimum atomic E-state index is 0.687. The number of hydrogen-bond donors (Lipinski definition) is 2. The lowest BCUT2D eigenvalue weighted by atomic mass is 10.1. The third kappa shape index (κ3) is 2.96. The second kappa shape index (κ2) is 5.92. The van der Waals surface area contributed by atoms with Crippen LogP contribution in [-0.4, -0.2) is 9.97 Å². The third-order valence-electron chi connectivity index (χ3n) is 3.41. The van der Waals surface area contributed by atoms with Crippen LogP contribution in [0.25, 0.3) is 16.6 Å². The number of rotatable bonds is 5. The Labute approximate surface area is 132 Å². The van der Waals surface area contributed by atoms with Crippen LogP contribution in [0.3, 0.4) is 0 Å². The summed E-state index contributed by atoms with van der Waals surface area (Å²) >= 11 is 7.83. The van der Waals surface area contributed by atoms with Gasteiger partial charge in [0.05, 0.1) is 12.2 Å². The summed E-state index contributed by atoms with van der Waals surface area (Å²) in [6, 6.07) is 6.25. The van der Waals surface area contributed by atoms with Crippen molar-refractivity contribution in [2.45, 2.75) is 19.9 Å². The summed E-state index contributed by atoms with van der Waals surface area (Å²) in [5.74, 6) is 0. The van der Waals surface area contributed by atoms with E-state index in [2.05, 4.69) is 40.9 Å². The second-order valence-electron chi connectivity index (χ2n) is 4.85.